The van der Waals surface area contributed by atoms with E-state index in [0.29, 0.717) is 11.3 Å². The van der Waals surface area contributed by atoms with Crippen LogP contribution in [0, 0.1) is 17.1 Å². The average molecular weight is 338 g/mol. The predicted octanol–water partition coefficient (Wildman–Crippen LogP) is 3.52. The Morgan fingerprint density at radius 3 is 2.60 bits per heavy atom. The molecule has 0 spiro atoms. The smallest absolute Gasteiger partial charge is 0.255 e. The normalized spacial score (nSPS) is 14.0. The number of nitrogen functional groups attached to an aromatic ring is 1. The number of piperidine rings is 1. The largest absolute Gasteiger partial charge is 0.397 e. The van der Waals surface area contributed by atoms with Gasteiger partial charge in [-0.1, -0.05) is 0 Å². The molecule has 6 heteroatoms. The minimum Gasteiger partial charge on any atom is -0.397 e. The Labute approximate surface area is 145 Å². The van der Waals surface area contributed by atoms with Crippen LogP contribution in [0.3, 0.4) is 0 Å². The molecule has 0 atom stereocenters. The van der Waals surface area contributed by atoms with Crippen LogP contribution in [-0.4, -0.2) is 19.0 Å². The summed E-state index contributed by atoms with van der Waals surface area (Å²) in [6, 6.07) is 10.8. The van der Waals surface area contributed by atoms with Gasteiger partial charge in [0.2, 0.25) is 0 Å². The summed E-state index contributed by atoms with van der Waals surface area (Å²) >= 11 is 0. The molecule has 0 aliphatic carbocycles. The van der Waals surface area contributed by atoms with Gasteiger partial charge in [-0.25, -0.2) is 4.39 Å². The van der Waals surface area contributed by atoms with Gasteiger partial charge in [-0.15, -0.1) is 0 Å². The van der Waals surface area contributed by atoms with Gasteiger partial charge in [0.15, 0.2) is 0 Å². The second-order valence-electron chi connectivity index (χ2n) is 6.08. The molecule has 0 unspecified atom stereocenters. The van der Waals surface area contributed by atoms with E-state index in [4.69, 9.17) is 11.0 Å². The van der Waals surface area contributed by atoms with E-state index in [1.807, 2.05) is 12.1 Å². The van der Waals surface area contributed by atoms with Crippen LogP contribution >= 0.6 is 0 Å². The highest BCUT2D eigenvalue weighted by Gasteiger charge is 2.16. The molecule has 2 aromatic rings. The molecule has 1 heterocycles. The zero-order chi connectivity index (χ0) is 17.8. The van der Waals surface area contributed by atoms with Gasteiger partial charge in [-0.3, -0.25) is 4.79 Å². The molecule has 1 amide bonds. The van der Waals surface area contributed by atoms with E-state index in [9.17, 15) is 9.18 Å². The molecule has 1 aliphatic rings. The van der Waals surface area contributed by atoms with Crippen molar-refractivity contribution in [3.8, 4) is 6.07 Å². The third kappa shape index (κ3) is 3.72. The average Bonchev–Trinajstić information content (AvgIpc) is 2.64. The maximum Gasteiger partial charge on any atom is 0.255 e. The molecule has 1 aliphatic heterocycles. The van der Waals surface area contributed by atoms with Gasteiger partial charge in [-0.05, 0) is 55.7 Å². The van der Waals surface area contributed by atoms with Gasteiger partial charge < -0.3 is 16.0 Å². The van der Waals surface area contributed by atoms with Gasteiger partial charge in [0.05, 0.1) is 28.7 Å². The van der Waals surface area contributed by atoms with E-state index in [1.54, 1.807) is 12.1 Å². The van der Waals surface area contributed by atoms with Crippen LogP contribution < -0.4 is 16.0 Å². The standard InChI is InChI=1S/C19H19FN4O/c20-15-6-4-13(12-21)10-17(15)23-19(25)14-5-7-18(16(22)11-14)24-8-2-1-3-9-24/h4-7,10-11H,1-3,8-9,22H2,(H,23,25). The Morgan fingerprint density at radius 2 is 1.92 bits per heavy atom. The molecule has 5 nitrogen and oxygen atoms in total. The molecule has 3 rings (SSSR count). The molecule has 1 fully saturated rings. The number of nitrogens with zero attached hydrogens (tertiary/aromatic N) is 2. The minimum atomic E-state index is -0.592. The first-order valence-electron chi connectivity index (χ1n) is 8.24. The second kappa shape index (κ2) is 7.22. The fourth-order valence-electron chi connectivity index (χ4n) is 3.00. The molecular formula is C19H19FN4O. The van der Waals surface area contributed by atoms with Crippen molar-refractivity contribution in [1.82, 2.24) is 0 Å². The highest BCUT2D eigenvalue weighted by Crippen LogP contribution is 2.27. The van der Waals surface area contributed by atoms with Crippen molar-refractivity contribution >= 4 is 23.0 Å². The lowest BCUT2D eigenvalue weighted by molar-refractivity contribution is 0.102. The number of anilines is 3. The topological polar surface area (TPSA) is 82.2 Å². The third-order valence-corrected chi connectivity index (χ3v) is 4.33. The van der Waals surface area contributed by atoms with Crippen LogP contribution in [0.25, 0.3) is 0 Å². The number of nitrogens with two attached hydrogens (primary N) is 1. The van der Waals surface area contributed by atoms with E-state index < -0.39 is 11.7 Å². The lowest BCUT2D eigenvalue weighted by atomic mass is 10.1. The minimum absolute atomic E-state index is 0.0253. The highest BCUT2D eigenvalue weighted by molar-refractivity contribution is 6.05. The number of benzene rings is 2. The fraction of sp³-hybridized carbons (Fsp3) is 0.263. The van der Waals surface area contributed by atoms with Crippen molar-refractivity contribution in [3.63, 3.8) is 0 Å². The molecule has 128 valence electrons. The maximum atomic E-state index is 13.8. The molecule has 3 N–H and O–H groups in total. The van der Waals surface area contributed by atoms with Gasteiger partial charge in [0.25, 0.3) is 5.91 Å². The van der Waals surface area contributed by atoms with Crippen molar-refractivity contribution in [2.75, 3.05) is 29.0 Å². The zero-order valence-electron chi connectivity index (χ0n) is 13.8. The lowest BCUT2D eigenvalue weighted by Crippen LogP contribution is -2.30. The number of nitrogens with one attached hydrogen (secondary N) is 1. The Morgan fingerprint density at radius 1 is 1.16 bits per heavy atom. The molecule has 0 aromatic heterocycles. The summed E-state index contributed by atoms with van der Waals surface area (Å²) in [7, 11) is 0. The van der Waals surface area contributed by atoms with E-state index >= 15 is 0 Å². The van der Waals surface area contributed by atoms with Gasteiger partial charge in [-0.2, -0.15) is 5.26 Å². The van der Waals surface area contributed by atoms with Crippen LogP contribution in [-0.2, 0) is 0 Å². The van der Waals surface area contributed by atoms with Gasteiger partial charge in [0, 0.05) is 18.7 Å². The quantitative estimate of drug-likeness (QED) is 0.839. The summed E-state index contributed by atoms with van der Waals surface area (Å²) < 4.78 is 13.8. The number of nitriles is 1. The number of rotatable bonds is 3. The Bertz CT molecular complexity index is 838. The summed E-state index contributed by atoms with van der Waals surface area (Å²) in [6.45, 7) is 1.92. The summed E-state index contributed by atoms with van der Waals surface area (Å²) in [6.07, 6.45) is 3.50. The third-order valence-electron chi connectivity index (χ3n) is 4.33. The van der Waals surface area contributed by atoms with Crippen LogP contribution in [0.1, 0.15) is 35.2 Å². The molecule has 0 saturated carbocycles. The molecule has 2 aromatic carbocycles. The first-order valence-corrected chi connectivity index (χ1v) is 8.24. The van der Waals surface area contributed by atoms with Crippen LogP contribution in [0.4, 0.5) is 21.5 Å². The lowest BCUT2D eigenvalue weighted by Gasteiger charge is -2.30. The molecule has 1 saturated heterocycles. The number of carbonyl (C=O) groups excluding carboxylic acids is 1. The Hall–Kier alpha value is -3.07. The number of hydrogen-bond acceptors (Lipinski definition) is 4. The Balaban J connectivity index is 1.79. The zero-order valence-corrected chi connectivity index (χ0v) is 13.8. The van der Waals surface area contributed by atoms with Gasteiger partial charge in [0.1, 0.15) is 5.82 Å². The van der Waals surface area contributed by atoms with Crippen molar-refractivity contribution in [2.24, 2.45) is 0 Å². The van der Waals surface area contributed by atoms with E-state index in [1.165, 1.54) is 18.6 Å². The number of halogens is 1. The first kappa shape index (κ1) is 16.8. The predicted molar refractivity (Wildman–Crippen MR) is 96.0 cm³/mol. The van der Waals surface area contributed by atoms with E-state index in [0.717, 1.165) is 37.7 Å². The molecule has 25 heavy (non-hydrogen) atoms. The van der Waals surface area contributed by atoms with E-state index in [-0.39, 0.29) is 11.3 Å². The van der Waals surface area contributed by atoms with Crippen molar-refractivity contribution in [3.05, 3.63) is 53.3 Å². The SMILES string of the molecule is N#Cc1ccc(F)c(NC(=O)c2ccc(N3CCCCC3)c(N)c2)c1. The first-order chi connectivity index (χ1) is 12.1. The molecular weight excluding hydrogens is 319 g/mol. The van der Waals surface area contributed by atoms with Crippen molar-refractivity contribution in [2.45, 2.75) is 19.3 Å². The Kier molecular flexibility index (Phi) is 4.85. The summed E-state index contributed by atoms with van der Waals surface area (Å²) in [4.78, 5) is 14.6. The van der Waals surface area contributed by atoms with Gasteiger partial charge >= 0.3 is 0 Å². The summed E-state index contributed by atoms with van der Waals surface area (Å²) in [5, 5.41) is 11.4. The second-order valence-corrected chi connectivity index (χ2v) is 6.08. The highest BCUT2D eigenvalue weighted by atomic mass is 19.1. The van der Waals surface area contributed by atoms with Crippen LogP contribution in [0.5, 0.6) is 0 Å². The summed E-state index contributed by atoms with van der Waals surface area (Å²) in [5.74, 6) is -1.06. The number of carbonyl (C=O) groups is 1. The van der Waals surface area contributed by atoms with Crippen LogP contribution in [0.2, 0.25) is 0 Å². The maximum absolute atomic E-state index is 13.8. The fourth-order valence-corrected chi connectivity index (χ4v) is 3.00. The molecule has 0 bridgehead atoms. The van der Waals surface area contributed by atoms with Crippen molar-refractivity contribution in [1.29, 1.82) is 5.26 Å². The number of hydrogen-bond donors (Lipinski definition) is 2. The molecule has 0 radical (unpaired) electrons. The number of amides is 1. The van der Waals surface area contributed by atoms with Crippen LogP contribution in [0.15, 0.2) is 36.4 Å². The van der Waals surface area contributed by atoms with E-state index in [2.05, 4.69) is 10.2 Å². The monoisotopic (exact) mass is 338 g/mol. The summed E-state index contributed by atoms with van der Waals surface area (Å²) in [5.41, 5.74) is 8.17. The van der Waals surface area contributed by atoms with Crippen molar-refractivity contribution < 1.29 is 9.18 Å².